The second-order valence-corrected chi connectivity index (χ2v) is 14.5. The normalized spacial score (nSPS) is 18.6. The van der Waals surface area contributed by atoms with Gasteiger partial charge in [-0.2, -0.15) is 0 Å². The van der Waals surface area contributed by atoms with Crippen LogP contribution in [0.25, 0.3) is 0 Å². The molecule has 7 nitrogen and oxygen atoms in total. The zero-order valence-electron chi connectivity index (χ0n) is 41.9. The lowest BCUT2D eigenvalue weighted by Gasteiger charge is -2.23. The first kappa shape index (κ1) is 65.9. The molecule has 0 unspecified atom stereocenters. The molecule has 55 heavy (non-hydrogen) atoms. The van der Waals surface area contributed by atoms with Crippen molar-refractivity contribution in [2.75, 3.05) is 86.6 Å². The molecule has 1 N–H and O–H groups in total. The third-order valence-electron chi connectivity index (χ3n) is 8.70. The van der Waals surface area contributed by atoms with Crippen molar-refractivity contribution in [1.82, 2.24) is 24.9 Å². The average molecular weight is 790 g/mol. The molecule has 1 aliphatic carbocycles. The molecular formula is C48H111N5O2. The van der Waals surface area contributed by atoms with Crippen molar-refractivity contribution >= 4 is 6.09 Å². The van der Waals surface area contributed by atoms with Crippen molar-refractivity contribution in [3.8, 4) is 0 Å². The average Bonchev–Trinajstić information content (AvgIpc) is 4.09. The van der Waals surface area contributed by atoms with Crippen molar-refractivity contribution in [2.24, 2.45) is 0 Å². The van der Waals surface area contributed by atoms with Crippen LogP contribution >= 0.6 is 0 Å². The van der Waals surface area contributed by atoms with E-state index in [0.29, 0.717) is 0 Å². The van der Waals surface area contributed by atoms with Gasteiger partial charge in [-0.3, -0.25) is 0 Å². The van der Waals surface area contributed by atoms with E-state index < -0.39 is 0 Å². The Bertz CT molecular complexity index is 577. The van der Waals surface area contributed by atoms with Gasteiger partial charge in [0.1, 0.15) is 5.60 Å². The number of nitrogens with one attached hydrogen (secondary N) is 1. The molecule has 1 saturated carbocycles. The Morgan fingerprint density at radius 3 is 0.764 bits per heavy atom. The lowest BCUT2D eigenvalue weighted by Crippen LogP contribution is -2.34. The molecule has 0 bridgehead atoms. The van der Waals surface area contributed by atoms with Crippen LogP contribution in [0.2, 0.25) is 0 Å². The minimum absolute atomic E-state index is 0.167. The van der Waals surface area contributed by atoms with Gasteiger partial charge in [-0.15, -0.1) is 0 Å². The first-order valence-corrected chi connectivity index (χ1v) is 24.4. The van der Waals surface area contributed by atoms with Gasteiger partial charge in [-0.1, -0.05) is 134 Å². The van der Waals surface area contributed by atoms with E-state index in [9.17, 15) is 4.79 Å². The van der Waals surface area contributed by atoms with E-state index in [1.807, 2.05) is 104 Å². The fourth-order valence-electron chi connectivity index (χ4n) is 5.89. The molecule has 6 aliphatic rings. The Morgan fingerprint density at radius 1 is 0.382 bits per heavy atom. The highest BCUT2D eigenvalue weighted by molar-refractivity contribution is 5.68. The van der Waals surface area contributed by atoms with Gasteiger partial charge in [0.25, 0.3) is 0 Å². The van der Waals surface area contributed by atoms with Gasteiger partial charge in [-0.05, 0) is 158 Å². The molecule has 5 aliphatic heterocycles. The van der Waals surface area contributed by atoms with Gasteiger partial charge in [0.05, 0.1) is 0 Å². The molecule has 0 aromatic carbocycles. The number of carbonyl (C=O) groups is 1. The van der Waals surface area contributed by atoms with E-state index in [-0.39, 0.29) is 11.7 Å². The molecule has 0 aromatic heterocycles. The van der Waals surface area contributed by atoms with Crippen LogP contribution < -0.4 is 5.32 Å². The first-order valence-electron chi connectivity index (χ1n) is 24.4. The molecule has 7 heteroatoms. The summed E-state index contributed by atoms with van der Waals surface area (Å²) in [5, 5.41) is 3.28. The summed E-state index contributed by atoms with van der Waals surface area (Å²) in [7, 11) is 6.56. The summed E-state index contributed by atoms with van der Waals surface area (Å²) in [5.41, 5.74) is -0.361. The van der Waals surface area contributed by atoms with Crippen LogP contribution in [0.5, 0.6) is 0 Å². The van der Waals surface area contributed by atoms with Gasteiger partial charge in [0, 0.05) is 13.1 Å². The molecule has 6 fully saturated rings. The van der Waals surface area contributed by atoms with Crippen LogP contribution in [0.4, 0.5) is 4.79 Å². The highest BCUT2D eigenvalue weighted by atomic mass is 16.6. The number of likely N-dealkylation sites (tertiary alicyclic amines) is 4. The van der Waals surface area contributed by atoms with Gasteiger partial charge in [0.2, 0.25) is 0 Å². The Balaban J connectivity index is -0.000000126. The molecule has 340 valence electrons. The van der Waals surface area contributed by atoms with Crippen molar-refractivity contribution < 1.29 is 9.53 Å². The van der Waals surface area contributed by atoms with Crippen molar-refractivity contribution in [3.05, 3.63) is 0 Å². The molecule has 5 heterocycles. The molecule has 0 atom stereocenters. The molecular weight excluding hydrogens is 679 g/mol. The van der Waals surface area contributed by atoms with Crippen molar-refractivity contribution in [3.63, 3.8) is 0 Å². The summed E-state index contributed by atoms with van der Waals surface area (Å²) in [4.78, 5) is 20.3. The molecule has 6 rings (SSSR count). The third kappa shape index (κ3) is 57.5. The highest BCUT2D eigenvalue weighted by Gasteiger charge is 2.23. The van der Waals surface area contributed by atoms with E-state index in [1.165, 1.54) is 155 Å². The minimum atomic E-state index is -0.361. The lowest BCUT2D eigenvalue weighted by molar-refractivity contribution is 0.0295. The second kappa shape index (κ2) is 57.4. The fourth-order valence-corrected chi connectivity index (χ4v) is 5.89. The second-order valence-electron chi connectivity index (χ2n) is 14.5. The van der Waals surface area contributed by atoms with Crippen LogP contribution in [-0.2, 0) is 4.74 Å². The van der Waals surface area contributed by atoms with Crippen LogP contribution in [0.3, 0.4) is 0 Å². The van der Waals surface area contributed by atoms with E-state index in [2.05, 4.69) is 41.2 Å². The summed E-state index contributed by atoms with van der Waals surface area (Å²) < 4.78 is 5.21. The molecule has 0 radical (unpaired) electrons. The SMILES string of the molecule is C1CCCC1.C1CCNCC1.CC.CC.CC.CC.CC.CC.CC(C)(C)OC(=O)N1CCCC1.CN1CCCC1.CN1CCCCC1.CN1CCCCC1. The molecule has 5 saturated heterocycles. The number of piperidine rings is 3. The summed E-state index contributed by atoms with van der Waals surface area (Å²) in [6, 6.07) is 0. The van der Waals surface area contributed by atoms with E-state index in [4.69, 9.17) is 4.74 Å². The number of ether oxygens (including phenoxy) is 1. The first-order chi connectivity index (χ1) is 26.7. The summed E-state index contributed by atoms with van der Waals surface area (Å²) >= 11 is 0. The van der Waals surface area contributed by atoms with Gasteiger partial charge >= 0.3 is 6.09 Å². The van der Waals surface area contributed by atoms with Gasteiger partial charge in [-0.25, -0.2) is 4.79 Å². The number of amides is 1. The standard InChI is InChI=1S/C9H17NO2.2C6H13N.2C5H11N.C5H10.6C2H6/c1-9(2,3)12-8(11)10-6-4-5-7-10;2*1-7-5-3-2-4-6-7;1-6-4-2-3-5-6;1-2-4-6-5-3-1;1-2-4-5-3-1;6*1-2/h4-7H2,1-3H3;2*2-6H2,1H3;2-5H2,1H3;6H,1-5H2;1-5H2;6*1-2H3. The third-order valence-corrected chi connectivity index (χ3v) is 8.70. The number of carbonyl (C=O) groups excluding carboxylic acids is 1. The van der Waals surface area contributed by atoms with Crippen LogP contribution in [0.15, 0.2) is 0 Å². The largest absolute Gasteiger partial charge is 0.444 e. The van der Waals surface area contributed by atoms with E-state index in [0.717, 1.165) is 25.9 Å². The van der Waals surface area contributed by atoms with Crippen LogP contribution in [0, 0.1) is 0 Å². The zero-order chi connectivity index (χ0) is 43.6. The predicted octanol–water partition coefficient (Wildman–Crippen LogP) is 13.8. The maximum Gasteiger partial charge on any atom is 0.410 e. The molecule has 1 amide bonds. The molecule has 0 spiro atoms. The van der Waals surface area contributed by atoms with Crippen molar-refractivity contribution in [1.29, 1.82) is 0 Å². The van der Waals surface area contributed by atoms with Crippen LogP contribution in [0.1, 0.15) is 219 Å². The Kier molecular flexibility index (Phi) is 68.9. The van der Waals surface area contributed by atoms with Gasteiger partial charge < -0.3 is 29.7 Å². The summed E-state index contributed by atoms with van der Waals surface area (Å²) in [6.45, 7) is 41.8. The van der Waals surface area contributed by atoms with Crippen molar-refractivity contribution in [2.45, 2.75) is 225 Å². The monoisotopic (exact) mass is 790 g/mol. The summed E-state index contributed by atoms with van der Waals surface area (Å²) in [5.74, 6) is 0. The van der Waals surface area contributed by atoms with Crippen LogP contribution in [-0.4, -0.2) is 118 Å². The predicted molar refractivity (Wildman–Crippen MR) is 254 cm³/mol. The van der Waals surface area contributed by atoms with E-state index in [1.54, 1.807) is 4.90 Å². The zero-order valence-corrected chi connectivity index (χ0v) is 41.9. The Hall–Kier alpha value is -0.890. The smallest absolute Gasteiger partial charge is 0.410 e. The molecule has 0 aromatic rings. The fraction of sp³-hybridized carbons (Fsp3) is 0.979. The van der Waals surface area contributed by atoms with E-state index >= 15 is 0 Å². The number of hydrogen-bond donors (Lipinski definition) is 1. The van der Waals surface area contributed by atoms with Gasteiger partial charge in [0.15, 0.2) is 0 Å². The topological polar surface area (TPSA) is 51.3 Å². The maximum atomic E-state index is 11.4. The maximum absolute atomic E-state index is 11.4. The number of rotatable bonds is 0. The summed E-state index contributed by atoms with van der Waals surface area (Å²) in [6.07, 6.45) is 25.1. The minimum Gasteiger partial charge on any atom is -0.444 e. The Morgan fingerprint density at radius 2 is 0.600 bits per heavy atom. The number of nitrogens with zero attached hydrogens (tertiary/aromatic N) is 4. The lowest BCUT2D eigenvalue weighted by atomic mass is 10.1. The highest BCUT2D eigenvalue weighted by Crippen LogP contribution is 2.15. The number of hydrogen-bond acceptors (Lipinski definition) is 6. The Labute approximate surface area is 351 Å². The quantitative estimate of drug-likeness (QED) is 0.264.